The van der Waals surface area contributed by atoms with Crippen LogP contribution in [0, 0.1) is 5.82 Å². The summed E-state index contributed by atoms with van der Waals surface area (Å²) in [6.45, 7) is 0.0859. The van der Waals surface area contributed by atoms with Crippen molar-refractivity contribution in [2.24, 2.45) is 0 Å². The third-order valence-electron chi connectivity index (χ3n) is 5.96. The molecule has 1 N–H and O–H groups in total. The number of carbonyl (C=O) groups excluding carboxylic acids is 1. The summed E-state index contributed by atoms with van der Waals surface area (Å²) >= 11 is 3.29. The average molecular weight is 625 g/mol. The van der Waals surface area contributed by atoms with E-state index >= 15 is 0 Å². The molecule has 1 heterocycles. The lowest BCUT2D eigenvalue weighted by Crippen LogP contribution is -2.18. The van der Waals surface area contributed by atoms with E-state index in [1.165, 1.54) is 29.9 Å². The quantitative estimate of drug-likeness (QED) is 0.156. The zero-order valence-corrected chi connectivity index (χ0v) is 22.8. The van der Waals surface area contributed by atoms with Crippen LogP contribution >= 0.6 is 23.5 Å². The van der Waals surface area contributed by atoms with Crippen LogP contribution < -0.4 is 5.69 Å². The second-order valence-corrected chi connectivity index (χ2v) is 11.2. The van der Waals surface area contributed by atoms with Gasteiger partial charge in [-0.25, -0.2) is 14.0 Å². The van der Waals surface area contributed by atoms with Gasteiger partial charge in [-0.05, 0) is 56.1 Å². The number of aromatic nitrogens is 2. The number of halogens is 4. The molecule has 4 aromatic rings. The molecule has 13 heteroatoms. The van der Waals surface area contributed by atoms with Gasteiger partial charge in [0.1, 0.15) is 5.82 Å². The van der Waals surface area contributed by atoms with Crippen molar-refractivity contribution >= 4 is 29.5 Å². The Kier molecular flexibility index (Phi) is 8.91. The van der Waals surface area contributed by atoms with Crippen LogP contribution in [0.5, 0.6) is 0 Å². The van der Waals surface area contributed by atoms with E-state index in [-0.39, 0.29) is 17.9 Å². The fourth-order valence-electron chi connectivity index (χ4n) is 4.09. The SMILES string of the molecule is COC(=O)c1ccc(-c2c(Cc3ccc(F)cc3)[nH]c(=O)n2Cc2ccc(CP(=O)(OF)OF)c(Br)c2)cc1. The van der Waals surface area contributed by atoms with E-state index in [1.807, 2.05) is 0 Å². The van der Waals surface area contributed by atoms with Crippen LogP contribution in [0.1, 0.15) is 32.7 Å². The number of H-pyrrole nitrogens is 1. The summed E-state index contributed by atoms with van der Waals surface area (Å²) in [5.74, 6) is -0.893. The summed E-state index contributed by atoms with van der Waals surface area (Å²) < 4.78 is 63.3. The predicted octanol–water partition coefficient (Wildman–Crippen LogP) is 6.67. The molecule has 0 unspecified atom stereocenters. The highest BCUT2D eigenvalue weighted by atomic mass is 79.9. The topological polar surface area (TPSA) is 99.6 Å². The summed E-state index contributed by atoms with van der Waals surface area (Å²) in [6.07, 6.45) is -0.369. The van der Waals surface area contributed by atoms with Gasteiger partial charge in [0.15, 0.2) is 0 Å². The van der Waals surface area contributed by atoms with Crippen LogP contribution in [0.25, 0.3) is 11.3 Å². The molecule has 8 nitrogen and oxygen atoms in total. The van der Waals surface area contributed by atoms with Gasteiger partial charge in [0.2, 0.25) is 0 Å². The predicted molar refractivity (Wildman–Crippen MR) is 140 cm³/mol. The summed E-state index contributed by atoms with van der Waals surface area (Å²) in [6, 6.07) is 17.1. The molecule has 0 bridgehead atoms. The molecular weight excluding hydrogens is 604 g/mol. The smallest absolute Gasteiger partial charge is 0.399 e. The van der Waals surface area contributed by atoms with Crippen molar-refractivity contribution in [1.29, 1.82) is 0 Å². The number of aromatic amines is 1. The fraction of sp³-hybridized carbons (Fsp3) is 0.154. The number of methoxy groups -OCH3 is 1. The van der Waals surface area contributed by atoms with Crippen molar-refractivity contribution < 1.29 is 37.0 Å². The number of imidazole rings is 1. The Morgan fingerprint density at radius 1 is 1.00 bits per heavy atom. The number of hydrogen-bond acceptors (Lipinski definition) is 6. The minimum Gasteiger partial charge on any atom is -0.465 e. The number of hydrogen-bond donors (Lipinski definition) is 1. The van der Waals surface area contributed by atoms with E-state index in [9.17, 15) is 27.6 Å². The van der Waals surface area contributed by atoms with Crippen molar-refractivity contribution in [1.82, 2.24) is 9.55 Å². The molecule has 0 radical (unpaired) electrons. The maximum atomic E-state index is 13.4. The molecule has 1 aromatic heterocycles. The molecule has 0 fully saturated rings. The van der Waals surface area contributed by atoms with Gasteiger partial charge in [-0.2, -0.15) is 0 Å². The van der Waals surface area contributed by atoms with Crippen molar-refractivity contribution in [3.05, 3.63) is 115 Å². The third-order valence-corrected chi connectivity index (χ3v) is 7.85. The summed E-state index contributed by atoms with van der Waals surface area (Å²) in [5, 5.41) is 0. The van der Waals surface area contributed by atoms with Gasteiger partial charge >= 0.3 is 19.3 Å². The Morgan fingerprint density at radius 2 is 1.64 bits per heavy atom. The zero-order chi connectivity index (χ0) is 28.2. The Balaban J connectivity index is 1.74. The third kappa shape index (κ3) is 6.59. The van der Waals surface area contributed by atoms with Crippen LogP contribution in [0.3, 0.4) is 0 Å². The van der Waals surface area contributed by atoms with E-state index in [0.717, 1.165) is 5.56 Å². The highest BCUT2D eigenvalue weighted by Gasteiger charge is 2.29. The largest absolute Gasteiger partial charge is 0.465 e. The number of nitrogens with zero attached hydrogens (tertiary/aromatic N) is 1. The van der Waals surface area contributed by atoms with E-state index in [0.29, 0.717) is 39.0 Å². The Bertz CT molecular complexity index is 1580. The first kappa shape index (κ1) is 28.6. The number of nitrogens with one attached hydrogen (secondary N) is 1. The molecule has 0 amide bonds. The number of esters is 1. The van der Waals surface area contributed by atoms with Gasteiger partial charge in [-0.1, -0.05) is 52.3 Å². The van der Waals surface area contributed by atoms with E-state index in [1.54, 1.807) is 48.5 Å². The molecular formula is C26H21BrF3N2O6P. The molecule has 0 aliphatic rings. The van der Waals surface area contributed by atoms with Crippen molar-refractivity contribution in [2.45, 2.75) is 19.1 Å². The molecule has 4 rings (SSSR count). The molecule has 0 aliphatic heterocycles. The number of carbonyl (C=O) groups is 1. The number of rotatable bonds is 10. The molecule has 0 saturated carbocycles. The standard InChI is InChI=1S/C26H21BrF3N2O6P/c1-36-25(33)19-8-6-18(7-9-19)24-23(13-16-3-10-21(28)11-4-16)31-26(34)32(24)14-17-2-5-20(22(27)12-17)15-39(35,37-29)38-30/h2-12H,13-15H2,1H3,(H,31,34). The summed E-state index contributed by atoms with van der Waals surface area (Å²) in [4.78, 5) is 27.9. The second kappa shape index (κ2) is 12.2. The number of benzene rings is 3. The van der Waals surface area contributed by atoms with Gasteiger partial charge in [-0.15, -0.1) is 9.46 Å². The molecule has 204 valence electrons. The van der Waals surface area contributed by atoms with Gasteiger partial charge < -0.3 is 9.72 Å². The highest BCUT2D eigenvalue weighted by molar-refractivity contribution is 9.10. The maximum Gasteiger partial charge on any atom is 0.399 e. The molecule has 0 spiro atoms. The van der Waals surface area contributed by atoms with E-state index < -0.39 is 25.4 Å². The van der Waals surface area contributed by atoms with E-state index in [2.05, 4.69) is 30.4 Å². The van der Waals surface area contributed by atoms with Crippen LogP contribution in [-0.2, 0) is 37.9 Å². The molecule has 0 saturated heterocycles. The van der Waals surface area contributed by atoms with Gasteiger partial charge in [0.05, 0.1) is 31.1 Å². The first-order valence-corrected chi connectivity index (χ1v) is 13.9. The van der Waals surface area contributed by atoms with Crippen molar-refractivity contribution in [3.8, 4) is 11.3 Å². The maximum absolute atomic E-state index is 13.4. The Hall–Kier alpha value is -3.44. The molecule has 0 aliphatic carbocycles. The second-order valence-electron chi connectivity index (χ2n) is 8.55. The molecule has 39 heavy (non-hydrogen) atoms. The van der Waals surface area contributed by atoms with Gasteiger partial charge in [0, 0.05) is 22.2 Å². The highest BCUT2D eigenvalue weighted by Crippen LogP contribution is 2.53. The first-order valence-electron chi connectivity index (χ1n) is 11.4. The van der Waals surface area contributed by atoms with Crippen molar-refractivity contribution in [2.75, 3.05) is 7.11 Å². The summed E-state index contributed by atoms with van der Waals surface area (Å²) in [5.41, 5.74) is 3.31. The molecule has 3 aromatic carbocycles. The van der Waals surface area contributed by atoms with E-state index in [4.69, 9.17) is 4.74 Å². The zero-order valence-electron chi connectivity index (χ0n) is 20.3. The Morgan fingerprint density at radius 3 is 2.23 bits per heavy atom. The normalized spacial score (nSPS) is 11.5. The van der Waals surface area contributed by atoms with Crippen LogP contribution in [0.2, 0.25) is 0 Å². The van der Waals surface area contributed by atoms with Gasteiger partial charge in [-0.3, -0.25) is 9.13 Å². The average Bonchev–Trinajstić information content (AvgIpc) is 3.24. The minimum atomic E-state index is -4.59. The lowest BCUT2D eigenvalue weighted by atomic mass is 10.0. The van der Waals surface area contributed by atoms with Crippen LogP contribution in [-0.4, -0.2) is 22.6 Å². The monoisotopic (exact) mass is 624 g/mol. The van der Waals surface area contributed by atoms with Crippen LogP contribution in [0.15, 0.2) is 76.0 Å². The first-order chi connectivity index (χ1) is 18.7. The molecule has 0 atom stereocenters. The van der Waals surface area contributed by atoms with Gasteiger partial charge in [0.25, 0.3) is 0 Å². The lowest BCUT2D eigenvalue weighted by molar-refractivity contribution is -0.0881. The fourth-order valence-corrected chi connectivity index (χ4v) is 5.68. The Labute approximate surface area is 228 Å². The van der Waals surface area contributed by atoms with Crippen molar-refractivity contribution in [3.63, 3.8) is 0 Å². The van der Waals surface area contributed by atoms with Crippen LogP contribution in [0.4, 0.5) is 13.4 Å². The summed E-state index contributed by atoms with van der Waals surface area (Å²) in [7, 11) is -3.32. The number of ether oxygens (including phenoxy) is 1. The minimum absolute atomic E-state index is 0.0859. The lowest BCUT2D eigenvalue weighted by Gasteiger charge is -2.13.